The van der Waals surface area contributed by atoms with Gasteiger partial charge in [-0.1, -0.05) is 36.0 Å². The van der Waals surface area contributed by atoms with E-state index in [0.29, 0.717) is 16.5 Å². The Morgan fingerprint density at radius 3 is 2.89 bits per heavy atom. The summed E-state index contributed by atoms with van der Waals surface area (Å²) in [5.74, 6) is -2.70. The fourth-order valence-corrected chi connectivity index (χ4v) is 5.30. The van der Waals surface area contributed by atoms with Crippen LogP contribution in [0.15, 0.2) is 59.1 Å². The minimum absolute atomic E-state index is 0.0629. The second kappa shape index (κ2) is 7.77. The first-order valence-electron chi connectivity index (χ1n) is 9.08. The molecule has 2 heterocycles. The number of benzene rings is 1. The number of aliphatic hydroxyl groups excluding tert-OH is 1. The Morgan fingerprint density at radius 2 is 2.14 bits per heavy atom. The SMILES string of the molecule is O=C(NC1=NC2(C3CC=CC(F)=C3F)COC(CO)C2CS1)c1ccccc1. The molecule has 1 aliphatic carbocycles. The van der Waals surface area contributed by atoms with Crippen molar-refractivity contribution in [3.05, 3.63) is 59.7 Å². The van der Waals surface area contributed by atoms with E-state index in [1.807, 2.05) is 6.07 Å². The molecule has 2 aliphatic heterocycles. The van der Waals surface area contributed by atoms with Gasteiger partial charge in [0.15, 0.2) is 11.0 Å². The predicted octanol–water partition coefficient (Wildman–Crippen LogP) is 2.99. The van der Waals surface area contributed by atoms with Crippen molar-refractivity contribution in [2.75, 3.05) is 19.0 Å². The highest BCUT2D eigenvalue weighted by Crippen LogP contribution is 2.50. The molecule has 8 heteroatoms. The molecule has 0 spiro atoms. The second-order valence-electron chi connectivity index (χ2n) is 7.06. The third kappa shape index (κ3) is 3.29. The highest BCUT2D eigenvalue weighted by Gasteiger charge is 2.57. The number of amidine groups is 1. The van der Waals surface area contributed by atoms with Crippen LogP contribution in [0.1, 0.15) is 16.8 Å². The van der Waals surface area contributed by atoms with Crippen molar-refractivity contribution in [2.45, 2.75) is 18.1 Å². The summed E-state index contributed by atoms with van der Waals surface area (Å²) >= 11 is 1.32. The van der Waals surface area contributed by atoms with Crippen LogP contribution in [0.4, 0.5) is 8.78 Å². The van der Waals surface area contributed by atoms with Gasteiger partial charge in [-0.25, -0.2) is 8.78 Å². The Labute approximate surface area is 165 Å². The Hall–Kier alpha value is -2.03. The summed E-state index contributed by atoms with van der Waals surface area (Å²) in [5.41, 5.74) is -0.583. The molecule has 148 valence electrons. The number of hydrogen-bond acceptors (Lipinski definition) is 5. The lowest BCUT2D eigenvalue weighted by Gasteiger charge is -2.41. The van der Waals surface area contributed by atoms with Crippen LogP contribution in [-0.4, -0.2) is 46.8 Å². The van der Waals surface area contributed by atoms with Crippen molar-refractivity contribution in [3.63, 3.8) is 0 Å². The Balaban J connectivity index is 1.67. The van der Waals surface area contributed by atoms with Crippen LogP contribution >= 0.6 is 11.8 Å². The fraction of sp³-hybridized carbons (Fsp3) is 0.400. The standard InChI is InChI=1S/C20H20F2N2O3S/c21-15-8-4-7-13(17(15)22)20-11-27-16(9-25)14(20)10-28-19(24-20)23-18(26)12-5-2-1-3-6-12/h1-6,8,13-14,16,25H,7,9-11H2,(H,23,24,26). The molecule has 3 aliphatic rings. The summed E-state index contributed by atoms with van der Waals surface area (Å²) in [6.45, 7) is -0.155. The molecule has 1 fully saturated rings. The van der Waals surface area contributed by atoms with Crippen LogP contribution < -0.4 is 5.32 Å². The van der Waals surface area contributed by atoms with E-state index >= 15 is 0 Å². The maximum atomic E-state index is 14.7. The first-order chi connectivity index (χ1) is 13.5. The quantitative estimate of drug-likeness (QED) is 0.810. The first-order valence-corrected chi connectivity index (χ1v) is 10.1. The Kier molecular flexibility index (Phi) is 5.35. The maximum Gasteiger partial charge on any atom is 0.257 e. The van der Waals surface area contributed by atoms with Gasteiger partial charge in [-0.15, -0.1) is 0 Å². The number of halogens is 2. The van der Waals surface area contributed by atoms with Crippen LogP contribution in [0.5, 0.6) is 0 Å². The molecule has 4 unspecified atom stereocenters. The number of aliphatic imine (C=N–C) groups is 1. The van der Waals surface area contributed by atoms with E-state index in [1.165, 1.54) is 11.8 Å². The van der Waals surface area contributed by atoms with Crippen LogP contribution in [-0.2, 0) is 4.74 Å². The normalized spacial score (nSPS) is 32.1. The topological polar surface area (TPSA) is 70.9 Å². The van der Waals surface area contributed by atoms with Crippen LogP contribution in [0.25, 0.3) is 0 Å². The molecule has 0 radical (unpaired) electrons. The maximum absolute atomic E-state index is 14.7. The molecule has 1 amide bonds. The van der Waals surface area contributed by atoms with Gasteiger partial charge in [-0.3, -0.25) is 9.79 Å². The van der Waals surface area contributed by atoms with E-state index in [1.54, 1.807) is 30.3 Å². The lowest BCUT2D eigenvalue weighted by molar-refractivity contribution is 0.0434. The zero-order chi connectivity index (χ0) is 19.7. The van der Waals surface area contributed by atoms with Crippen molar-refractivity contribution >= 4 is 22.8 Å². The van der Waals surface area contributed by atoms with E-state index in [4.69, 9.17) is 4.74 Å². The molecule has 28 heavy (non-hydrogen) atoms. The number of carbonyl (C=O) groups is 1. The van der Waals surface area contributed by atoms with E-state index in [9.17, 15) is 18.7 Å². The average Bonchev–Trinajstić information content (AvgIpc) is 3.09. The van der Waals surface area contributed by atoms with Crippen LogP contribution in [0, 0.1) is 11.8 Å². The summed E-state index contributed by atoms with van der Waals surface area (Å²) in [7, 11) is 0. The highest BCUT2D eigenvalue weighted by molar-refractivity contribution is 8.13. The third-order valence-electron chi connectivity index (χ3n) is 5.54. The number of allylic oxidation sites excluding steroid dienone is 3. The number of nitrogens with zero attached hydrogens (tertiary/aromatic N) is 1. The van der Waals surface area contributed by atoms with E-state index in [2.05, 4.69) is 10.3 Å². The number of rotatable bonds is 3. The molecule has 0 aromatic heterocycles. The van der Waals surface area contributed by atoms with Gasteiger partial charge < -0.3 is 15.2 Å². The fourth-order valence-electron chi connectivity index (χ4n) is 4.06. The minimum atomic E-state index is -1.07. The van der Waals surface area contributed by atoms with Gasteiger partial charge >= 0.3 is 0 Å². The number of amides is 1. The lowest BCUT2D eigenvalue weighted by atomic mass is 9.71. The smallest absolute Gasteiger partial charge is 0.257 e. The third-order valence-corrected chi connectivity index (χ3v) is 6.53. The molecular formula is C20H20F2N2O3S. The number of thioether (sulfide) groups is 1. The molecule has 2 N–H and O–H groups in total. The average molecular weight is 406 g/mol. The first kappa shape index (κ1) is 19.3. The van der Waals surface area contributed by atoms with Gasteiger partial charge in [0.2, 0.25) is 0 Å². The van der Waals surface area contributed by atoms with Crippen LogP contribution in [0.3, 0.4) is 0 Å². The summed E-state index contributed by atoms with van der Waals surface area (Å²) in [5, 5.41) is 12.8. The minimum Gasteiger partial charge on any atom is -0.394 e. The lowest BCUT2D eigenvalue weighted by Crippen LogP contribution is -2.51. The van der Waals surface area contributed by atoms with Gasteiger partial charge in [0.25, 0.3) is 5.91 Å². The number of carbonyl (C=O) groups excluding carboxylic acids is 1. The molecule has 0 bridgehead atoms. The van der Waals surface area contributed by atoms with E-state index < -0.39 is 29.2 Å². The number of nitrogens with one attached hydrogen (secondary N) is 1. The largest absolute Gasteiger partial charge is 0.394 e. The van der Waals surface area contributed by atoms with Crippen LogP contribution in [0.2, 0.25) is 0 Å². The van der Waals surface area contributed by atoms with Crippen molar-refractivity contribution in [1.29, 1.82) is 0 Å². The van der Waals surface area contributed by atoms with Crippen molar-refractivity contribution in [1.82, 2.24) is 5.32 Å². The molecule has 1 aromatic carbocycles. The zero-order valence-electron chi connectivity index (χ0n) is 15.0. The molecule has 4 atom stereocenters. The molecule has 1 saturated heterocycles. The molecule has 1 aromatic rings. The van der Waals surface area contributed by atoms with Crippen molar-refractivity contribution in [2.24, 2.45) is 16.8 Å². The van der Waals surface area contributed by atoms with Crippen molar-refractivity contribution in [3.8, 4) is 0 Å². The number of ether oxygens (including phenoxy) is 1. The van der Waals surface area contributed by atoms with Gasteiger partial charge in [-0.2, -0.15) is 0 Å². The Bertz CT molecular complexity index is 858. The number of aliphatic hydroxyl groups is 1. The molecule has 4 rings (SSSR count). The zero-order valence-corrected chi connectivity index (χ0v) is 15.8. The monoisotopic (exact) mass is 406 g/mol. The van der Waals surface area contributed by atoms with Gasteiger partial charge in [0, 0.05) is 23.2 Å². The Morgan fingerprint density at radius 1 is 1.36 bits per heavy atom. The van der Waals surface area contributed by atoms with E-state index in [-0.39, 0.29) is 31.5 Å². The summed E-state index contributed by atoms with van der Waals surface area (Å²) in [4.78, 5) is 17.2. The molecule has 5 nitrogen and oxygen atoms in total. The second-order valence-corrected chi connectivity index (χ2v) is 8.07. The van der Waals surface area contributed by atoms with Gasteiger partial charge in [0.05, 0.1) is 19.3 Å². The summed E-state index contributed by atoms with van der Waals surface area (Å²) in [6.07, 6.45) is 2.49. The van der Waals surface area contributed by atoms with Gasteiger partial charge in [0.1, 0.15) is 11.4 Å². The number of hydrogen-bond donors (Lipinski definition) is 2. The predicted molar refractivity (Wildman–Crippen MR) is 103 cm³/mol. The van der Waals surface area contributed by atoms with Gasteiger partial charge in [-0.05, 0) is 24.6 Å². The summed E-state index contributed by atoms with van der Waals surface area (Å²) in [6, 6.07) is 8.71. The van der Waals surface area contributed by atoms with Crippen molar-refractivity contribution < 1.29 is 23.4 Å². The molecular weight excluding hydrogens is 386 g/mol. The molecule has 0 saturated carbocycles. The highest BCUT2D eigenvalue weighted by atomic mass is 32.2. The summed E-state index contributed by atoms with van der Waals surface area (Å²) < 4.78 is 34.4. The number of fused-ring (bicyclic) bond motifs is 1. The van der Waals surface area contributed by atoms with E-state index in [0.717, 1.165) is 6.08 Å².